The molecule has 0 spiro atoms. The highest BCUT2D eigenvalue weighted by molar-refractivity contribution is 6.30. The summed E-state index contributed by atoms with van der Waals surface area (Å²) in [6, 6.07) is 6.37. The van der Waals surface area contributed by atoms with E-state index in [4.69, 9.17) is 16.3 Å². The maximum absolute atomic E-state index is 6.20. The van der Waals surface area contributed by atoms with Crippen LogP contribution in [0, 0.1) is 0 Å². The molecule has 112 valence electrons. The van der Waals surface area contributed by atoms with E-state index in [-0.39, 0.29) is 0 Å². The van der Waals surface area contributed by atoms with Crippen LogP contribution in [0.25, 0.3) is 0 Å². The third-order valence-electron chi connectivity index (χ3n) is 3.97. The number of nitrogens with zero attached hydrogens (tertiary/aromatic N) is 1. The van der Waals surface area contributed by atoms with Gasteiger partial charge in [-0.05, 0) is 24.6 Å². The van der Waals surface area contributed by atoms with Crippen molar-refractivity contribution in [3.05, 3.63) is 28.8 Å². The van der Waals surface area contributed by atoms with Gasteiger partial charge in [0.25, 0.3) is 0 Å². The summed E-state index contributed by atoms with van der Waals surface area (Å²) in [6.07, 6.45) is 3.60. The molecule has 1 saturated heterocycles. The van der Waals surface area contributed by atoms with Crippen molar-refractivity contribution in [2.24, 2.45) is 0 Å². The SMILES string of the molecule is CCCCC(c1cc(Cl)ccc1OC)N1CCNCC1. The number of nitrogens with one attached hydrogen (secondary N) is 1. The zero-order valence-corrected chi connectivity index (χ0v) is 13.2. The molecule has 4 heteroatoms. The molecule has 1 fully saturated rings. The minimum absolute atomic E-state index is 0.408. The third kappa shape index (κ3) is 3.87. The molecule has 1 unspecified atom stereocenters. The summed E-state index contributed by atoms with van der Waals surface area (Å²) >= 11 is 6.20. The van der Waals surface area contributed by atoms with E-state index in [1.807, 2.05) is 12.1 Å². The van der Waals surface area contributed by atoms with Gasteiger partial charge in [0.2, 0.25) is 0 Å². The van der Waals surface area contributed by atoms with Crippen LogP contribution >= 0.6 is 11.6 Å². The second kappa shape index (κ2) is 7.87. The monoisotopic (exact) mass is 296 g/mol. The van der Waals surface area contributed by atoms with Crippen LogP contribution in [-0.4, -0.2) is 38.2 Å². The van der Waals surface area contributed by atoms with Gasteiger partial charge in [0, 0.05) is 42.8 Å². The molecule has 0 saturated carbocycles. The van der Waals surface area contributed by atoms with Crippen LogP contribution < -0.4 is 10.1 Å². The number of unbranched alkanes of at least 4 members (excludes halogenated alkanes) is 1. The van der Waals surface area contributed by atoms with Gasteiger partial charge < -0.3 is 10.1 Å². The Hall–Kier alpha value is -0.770. The van der Waals surface area contributed by atoms with Gasteiger partial charge >= 0.3 is 0 Å². The first-order valence-corrected chi connectivity index (χ1v) is 7.92. The van der Waals surface area contributed by atoms with Gasteiger partial charge in [0.1, 0.15) is 5.75 Å². The molecular formula is C16H25ClN2O. The molecule has 1 aliphatic heterocycles. The number of methoxy groups -OCH3 is 1. The van der Waals surface area contributed by atoms with Gasteiger partial charge in [0.05, 0.1) is 7.11 Å². The van der Waals surface area contributed by atoms with Crippen LogP contribution in [0.15, 0.2) is 18.2 Å². The van der Waals surface area contributed by atoms with Gasteiger partial charge in [-0.15, -0.1) is 0 Å². The lowest BCUT2D eigenvalue weighted by Gasteiger charge is -2.36. The maximum Gasteiger partial charge on any atom is 0.123 e. The van der Waals surface area contributed by atoms with Crippen molar-refractivity contribution in [2.75, 3.05) is 33.3 Å². The molecule has 20 heavy (non-hydrogen) atoms. The minimum atomic E-state index is 0.408. The molecule has 0 bridgehead atoms. The van der Waals surface area contributed by atoms with Crippen LogP contribution in [0.5, 0.6) is 5.75 Å². The van der Waals surface area contributed by atoms with E-state index in [1.54, 1.807) is 7.11 Å². The van der Waals surface area contributed by atoms with Crippen molar-refractivity contribution in [2.45, 2.75) is 32.2 Å². The van der Waals surface area contributed by atoms with Crippen molar-refractivity contribution < 1.29 is 4.74 Å². The fraction of sp³-hybridized carbons (Fsp3) is 0.625. The average molecular weight is 297 g/mol. The largest absolute Gasteiger partial charge is 0.496 e. The molecule has 1 N–H and O–H groups in total. The third-order valence-corrected chi connectivity index (χ3v) is 4.21. The molecule has 0 amide bonds. The Labute approximate surface area is 127 Å². The lowest BCUT2D eigenvalue weighted by Crippen LogP contribution is -2.45. The Kier molecular flexibility index (Phi) is 6.14. The van der Waals surface area contributed by atoms with Gasteiger partial charge in [-0.2, -0.15) is 0 Å². The van der Waals surface area contributed by atoms with Crippen molar-refractivity contribution in [1.82, 2.24) is 10.2 Å². The number of halogens is 1. The second-order valence-electron chi connectivity index (χ2n) is 5.33. The van der Waals surface area contributed by atoms with Crippen molar-refractivity contribution in [3.8, 4) is 5.75 Å². The molecule has 0 radical (unpaired) electrons. The molecule has 1 atom stereocenters. The molecular weight excluding hydrogens is 272 g/mol. The summed E-state index contributed by atoms with van der Waals surface area (Å²) in [5.41, 5.74) is 1.23. The zero-order chi connectivity index (χ0) is 14.4. The fourth-order valence-corrected chi connectivity index (χ4v) is 3.07. The van der Waals surface area contributed by atoms with Crippen molar-refractivity contribution in [3.63, 3.8) is 0 Å². The van der Waals surface area contributed by atoms with Crippen LogP contribution in [-0.2, 0) is 0 Å². The standard InChI is InChI=1S/C16H25ClN2O/c1-3-4-5-15(19-10-8-18-9-11-19)14-12-13(17)6-7-16(14)20-2/h6-7,12,15,18H,3-5,8-11H2,1-2H3. The van der Waals surface area contributed by atoms with E-state index in [1.165, 1.54) is 18.4 Å². The molecule has 1 heterocycles. The Morgan fingerprint density at radius 3 is 2.75 bits per heavy atom. The highest BCUT2D eigenvalue weighted by atomic mass is 35.5. The molecule has 3 nitrogen and oxygen atoms in total. The number of piperazine rings is 1. The van der Waals surface area contributed by atoms with E-state index in [2.05, 4.69) is 23.2 Å². The Balaban J connectivity index is 2.26. The molecule has 1 aliphatic rings. The summed E-state index contributed by atoms with van der Waals surface area (Å²) in [6.45, 7) is 6.54. The lowest BCUT2D eigenvalue weighted by molar-refractivity contribution is 0.160. The van der Waals surface area contributed by atoms with Crippen LogP contribution in [0.3, 0.4) is 0 Å². The predicted molar refractivity (Wildman–Crippen MR) is 84.7 cm³/mol. The van der Waals surface area contributed by atoms with Gasteiger partial charge in [0.15, 0.2) is 0 Å². The van der Waals surface area contributed by atoms with Gasteiger partial charge in [-0.25, -0.2) is 0 Å². The Morgan fingerprint density at radius 1 is 1.35 bits per heavy atom. The van der Waals surface area contributed by atoms with E-state index in [9.17, 15) is 0 Å². The van der Waals surface area contributed by atoms with E-state index >= 15 is 0 Å². The molecule has 2 rings (SSSR count). The summed E-state index contributed by atoms with van der Waals surface area (Å²) in [4.78, 5) is 2.56. The number of hydrogen-bond acceptors (Lipinski definition) is 3. The Bertz CT molecular complexity index is 419. The van der Waals surface area contributed by atoms with E-state index in [0.29, 0.717) is 6.04 Å². The number of benzene rings is 1. The summed E-state index contributed by atoms with van der Waals surface area (Å²) in [5.74, 6) is 0.953. The number of hydrogen-bond donors (Lipinski definition) is 1. The van der Waals surface area contributed by atoms with E-state index < -0.39 is 0 Å². The van der Waals surface area contributed by atoms with Crippen LogP contribution in [0.1, 0.15) is 37.8 Å². The highest BCUT2D eigenvalue weighted by Gasteiger charge is 2.24. The van der Waals surface area contributed by atoms with E-state index in [0.717, 1.165) is 43.4 Å². The Morgan fingerprint density at radius 2 is 2.10 bits per heavy atom. The van der Waals surface area contributed by atoms with Crippen LogP contribution in [0.2, 0.25) is 5.02 Å². The topological polar surface area (TPSA) is 24.5 Å². The average Bonchev–Trinajstić information content (AvgIpc) is 2.49. The normalized spacial score (nSPS) is 17.9. The minimum Gasteiger partial charge on any atom is -0.496 e. The lowest BCUT2D eigenvalue weighted by atomic mass is 9.97. The predicted octanol–water partition coefficient (Wildman–Crippen LogP) is 3.49. The molecule has 1 aromatic rings. The van der Waals surface area contributed by atoms with Crippen LogP contribution in [0.4, 0.5) is 0 Å². The molecule has 1 aromatic carbocycles. The molecule has 0 aliphatic carbocycles. The second-order valence-corrected chi connectivity index (χ2v) is 5.77. The highest BCUT2D eigenvalue weighted by Crippen LogP contribution is 2.35. The maximum atomic E-state index is 6.20. The summed E-state index contributed by atoms with van der Waals surface area (Å²) in [7, 11) is 1.74. The van der Waals surface area contributed by atoms with Crippen molar-refractivity contribution >= 4 is 11.6 Å². The fourth-order valence-electron chi connectivity index (χ4n) is 2.89. The molecule has 0 aromatic heterocycles. The first kappa shape index (κ1) is 15.6. The quantitative estimate of drug-likeness (QED) is 0.870. The summed E-state index contributed by atoms with van der Waals surface area (Å²) < 4.78 is 5.55. The number of rotatable bonds is 6. The summed E-state index contributed by atoms with van der Waals surface area (Å²) in [5, 5.41) is 4.21. The zero-order valence-electron chi connectivity index (χ0n) is 12.5. The first-order chi connectivity index (χ1) is 9.76. The smallest absolute Gasteiger partial charge is 0.123 e. The first-order valence-electron chi connectivity index (χ1n) is 7.54. The van der Waals surface area contributed by atoms with Gasteiger partial charge in [-0.3, -0.25) is 4.90 Å². The van der Waals surface area contributed by atoms with Crippen molar-refractivity contribution in [1.29, 1.82) is 0 Å². The number of ether oxygens (including phenoxy) is 1. The van der Waals surface area contributed by atoms with Gasteiger partial charge in [-0.1, -0.05) is 31.4 Å².